The Morgan fingerprint density at radius 3 is 2.58 bits per heavy atom. The fourth-order valence-electron chi connectivity index (χ4n) is 3.26. The smallest absolute Gasteiger partial charge is 0.188 e. The van der Waals surface area contributed by atoms with E-state index < -0.39 is 6.61 Å². The molecule has 0 radical (unpaired) electrons. The van der Waals surface area contributed by atoms with Crippen molar-refractivity contribution in [1.82, 2.24) is 4.90 Å². The van der Waals surface area contributed by atoms with Crippen LogP contribution in [0.3, 0.4) is 0 Å². The van der Waals surface area contributed by atoms with E-state index in [-0.39, 0.29) is 11.6 Å². The molecular formula is C21H23NO4. The van der Waals surface area contributed by atoms with Gasteiger partial charge in [-0.2, -0.15) is 0 Å². The fraction of sp³-hybridized carbons (Fsp3) is 0.333. The zero-order valence-electron chi connectivity index (χ0n) is 14.9. The Balaban J connectivity index is 1.72. The lowest BCUT2D eigenvalue weighted by Crippen LogP contribution is -2.29. The summed E-state index contributed by atoms with van der Waals surface area (Å²) in [6, 6.07) is 13.3. The number of hydrogen-bond donors (Lipinski definition) is 1. The van der Waals surface area contributed by atoms with Crippen LogP contribution in [0.1, 0.15) is 27.0 Å². The van der Waals surface area contributed by atoms with E-state index in [0.717, 1.165) is 29.8 Å². The summed E-state index contributed by atoms with van der Waals surface area (Å²) in [6.07, 6.45) is 1.23. The number of fused-ring (bicyclic) bond motifs is 1. The molecule has 0 amide bonds. The first-order valence-corrected chi connectivity index (χ1v) is 8.72. The van der Waals surface area contributed by atoms with Crippen molar-refractivity contribution in [2.45, 2.75) is 19.4 Å². The number of Topliss-reactive ketones (excluding diaryl/α,β-unsaturated/α-hetero) is 2. The zero-order chi connectivity index (χ0) is 18.5. The van der Waals surface area contributed by atoms with Gasteiger partial charge in [0.15, 0.2) is 11.6 Å². The molecule has 1 aliphatic heterocycles. The number of nitrogens with zero attached hydrogens (tertiary/aromatic N) is 1. The summed E-state index contributed by atoms with van der Waals surface area (Å²) >= 11 is 0. The van der Waals surface area contributed by atoms with Crippen molar-refractivity contribution in [3.63, 3.8) is 0 Å². The summed E-state index contributed by atoms with van der Waals surface area (Å²) in [4.78, 5) is 26.1. The van der Waals surface area contributed by atoms with Crippen LogP contribution in [0.15, 0.2) is 42.5 Å². The number of hydrogen-bond acceptors (Lipinski definition) is 5. The largest absolute Gasteiger partial charge is 0.497 e. The number of ketones is 2. The molecule has 1 N–H and O–H groups in total. The van der Waals surface area contributed by atoms with Gasteiger partial charge in [0, 0.05) is 25.1 Å². The van der Waals surface area contributed by atoms with Gasteiger partial charge in [0.05, 0.1) is 13.7 Å². The van der Waals surface area contributed by atoms with Gasteiger partial charge < -0.3 is 9.84 Å². The highest BCUT2D eigenvalue weighted by atomic mass is 16.5. The zero-order valence-corrected chi connectivity index (χ0v) is 14.9. The summed E-state index contributed by atoms with van der Waals surface area (Å²) in [5.41, 5.74) is 3.64. The Kier molecular flexibility index (Phi) is 5.81. The number of aliphatic hydroxyl groups is 1. The Morgan fingerprint density at radius 2 is 1.88 bits per heavy atom. The highest BCUT2D eigenvalue weighted by Crippen LogP contribution is 2.20. The van der Waals surface area contributed by atoms with E-state index in [0.29, 0.717) is 25.1 Å². The molecule has 0 fully saturated rings. The van der Waals surface area contributed by atoms with Gasteiger partial charge in [-0.05, 0) is 41.3 Å². The van der Waals surface area contributed by atoms with Crippen molar-refractivity contribution in [3.05, 3.63) is 64.7 Å². The van der Waals surface area contributed by atoms with Crippen molar-refractivity contribution in [2.24, 2.45) is 0 Å². The van der Waals surface area contributed by atoms with E-state index in [4.69, 9.17) is 9.84 Å². The lowest BCUT2D eigenvalue weighted by atomic mass is 9.99. The van der Waals surface area contributed by atoms with Gasteiger partial charge in [-0.25, -0.2) is 0 Å². The quantitative estimate of drug-likeness (QED) is 0.805. The third-order valence-corrected chi connectivity index (χ3v) is 4.73. The molecule has 5 heteroatoms. The van der Waals surface area contributed by atoms with Crippen LogP contribution in [0.25, 0.3) is 0 Å². The van der Waals surface area contributed by atoms with Crippen LogP contribution in [0.4, 0.5) is 0 Å². The molecular weight excluding hydrogens is 330 g/mol. The maximum atomic E-state index is 12.3. The molecule has 0 aliphatic carbocycles. The van der Waals surface area contributed by atoms with Gasteiger partial charge in [0.25, 0.3) is 0 Å². The standard InChI is InChI=1S/C21H23NO4/c1-26-20-6-2-15(3-7-20)8-9-22-12-18-10-17(21(25)14-23)5-4-16(18)11-19(24)13-22/h2-7,10,23H,8-9,11-14H2,1H3. The molecule has 26 heavy (non-hydrogen) atoms. The molecule has 0 bridgehead atoms. The topological polar surface area (TPSA) is 66.8 Å². The fourth-order valence-corrected chi connectivity index (χ4v) is 3.26. The van der Waals surface area contributed by atoms with Crippen LogP contribution in [0.5, 0.6) is 5.75 Å². The lowest BCUT2D eigenvalue weighted by Gasteiger charge is -2.20. The molecule has 0 atom stereocenters. The van der Waals surface area contributed by atoms with Gasteiger partial charge in [-0.3, -0.25) is 14.5 Å². The molecule has 136 valence electrons. The number of carbonyl (C=O) groups is 2. The van der Waals surface area contributed by atoms with Crippen molar-refractivity contribution in [1.29, 1.82) is 0 Å². The van der Waals surface area contributed by atoms with Crippen LogP contribution in [-0.4, -0.2) is 48.4 Å². The minimum Gasteiger partial charge on any atom is -0.497 e. The van der Waals surface area contributed by atoms with Gasteiger partial charge >= 0.3 is 0 Å². The minimum absolute atomic E-state index is 0.180. The Morgan fingerprint density at radius 1 is 1.12 bits per heavy atom. The third-order valence-electron chi connectivity index (χ3n) is 4.73. The molecule has 0 unspecified atom stereocenters. The molecule has 2 aromatic rings. The van der Waals surface area contributed by atoms with Crippen LogP contribution in [-0.2, 0) is 24.2 Å². The third kappa shape index (κ3) is 4.36. The summed E-state index contributed by atoms with van der Waals surface area (Å²) in [7, 11) is 1.64. The van der Waals surface area contributed by atoms with E-state index in [1.807, 2.05) is 36.4 Å². The molecule has 5 nitrogen and oxygen atoms in total. The number of carbonyl (C=O) groups excluding carboxylic acids is 2. The first-order valence-electron chi connectivity index (χ1n) is 8.72. The van der Waals surface area contributed by atoms with Gasteiger partial charge in [0.2, 0.25) is 0 Å². The molecule has 0 saturated heterocycles. The first-order chi connectivity index (χ1) is 12.6. The minimum atomic E-state index is -0.501. The molecule has 3 rings (SSSR count). The van der Waals surface area contributed by atoms with Crippen LogP contribution in [0, 0.1) is 0 Å². The number of ether oxygens (including phenoxy) is 1. The Hall–Kier alpha value is -2.50. The van der Waals surface area contributed by atoms with Gasteiger partial charge in [0.1, 0.15) is 12.4 Å². The average molecular weight is 353 g/mol. The van der Waals surface area contributed by atoms with Crippen molar-refractivity contribution < 1.29 is 19.4 Å². The van der Waals surface area contributed by atoms with E-state index >= 15 is 0 Å². The second-order valence-corrected chi connectivity index (χ2v) is 6.59. The van der Waals surface area contributed by atoms with Gasteiger partial charge in [-0.1, -0.05) is 24.3 Å². The van der Waals surface area contributed by atoms with Crippen LogP contribution < -0.4 is 4.74 Å². The highest BCUT2D eigenvalue weighted by molar-refractivity contribution is 5.97. The number of benzene rings is 2. The molecule has 1 aliphatic rings. The Bertz CT molecular complexity index is 798. The van der Waals surface area contributed by atoms with Crippen LogP contribution >= 0.6 is 0 Å². The van der Waals surface area contributed by atoms with Crippen LogP contribution in [0.2, 0.25) is 0 Å². The molecule has 0 aromatic heterocycles. The first kappa shape index (κ1) is 18.3. The van der Waals surface area contributed by atoms with Crippen molar-refractivity contribution in [3.8, 4) is 5.75 Å². The van der Waals surface area contributed by atoms with Crippen molar-refractivity contribution >= 4 is 11.6 Å². The average Bonchev–Trinajstić information content (AvgIpc) is 2.82. The van der Waals surface area contributed by atoms with Gasteiger partial charge in [-0.15, -0.1) is 0 Å². The predicted molar refractivity (Wildman–Crippen MR) is 98.5 cm³/mol. The highest BCUT2D eigenvalue weighted by Gasteiger charge is 2.20. The summed E-state index contributed by atoms with van der Waals surface area (Å²) < 4.78 is 5.17. The molecule has 1 heterocycles. The molecule has 2 aromatic carbocycles. The maximum absolute atomic E-state index is 12.3. The predicted octanol–water partition coefficient (Wildman–Crippen LogP) is 2.04. The second-order valence-electron chi connectivity index (χ2n) is 6.59. The summed E-state index contributed by atoms with van der Waals surface area (Å²) in [5, 5.41) is 9.07. The second kappa shape index (κ2) is 8.25. The molecule has 0 spiro atoms. The van der Waals surface area contributed by atoms with E-state index in [1.165, 1.54) is 5.56 Å². The number of methoxy groups -OCH3 is 1. The monoisotopic (exact) mass is 353 g/mol. The Labute approximate surface area is 153 Å². The lowest BCUT2D eigenvalue weighted by molar-refractivity contribution is -0.119. The summed E-state index contributed by atoms with van der Waals surface area (Å²) in [5.74, 6) is 0.710. The summed E-state index contributed by atoms with van der Waals surface area (Å²) in [6.45, 7) is 1.30. The normalized spacial score (nSPS) is 14.6. The van der Waals surface area contributed by atoms with E-state index in [2.05, 4.69) is 4.90 Å². The molecule has 0 saturated carbocycles. The van der Waals surface area contributed by atoms with E-state index in [9.17, 15) is 9.59 Å². The van der Waals surface area contributed by atoms with Crippen molar-refractivity contribution in [2.75, 3.05) is 26.8 Å². The number of aliphatic hydroxyl groups excluding tert-OH is 1. The maximum Gasteiger partial charge on any atom is 0.188 e. The van der Waals surface area contributed by atoms with E-state index in [1.54, 1.807) is 13.2 Å². The SMILES string of the molecule is COc1ccc(CCN2CC(=O)Cc3ccc(C(=O)CO)cc3C2)cc1. The number of rotatable bonds is 6.